The average Bonchev–Trinajstić information content (AvgIpc) is 3.04. The van der Waals surface area contributed by atoms with Crippen LogP contribution in [0.1, 0.15) is 23.6 Å². The molecule has 0 aliphatic heterocycles. The number of aryl methyl sites for hydroxylation is 1. The summed E-state index contributed by atoms with van der Waals surface area (Å²) in [6.45, 7) is 4.51. The van der Waals surface area contributed by atoms with Gasteiger partial charge in [-0.05, 0) is 31.0 Å². The molecule has 2 N–H and O–H groups in total. The van der Waals surface area contributed by atoms with Crippen LogP contribution in [0, 0.1) is 6.92 Å². The highest BCUT2D eigenvalue weighted by atomic mass is 16.5. The molecular weight excluding hydrogens is 354 g/mol. The Morgan fingerprint density at radius 2 is 2.04 bits per heavy atom. The predicted octanol–water partition coefficient (Wildman–Crippen LogP) is 1.94. The maximum absolute atomic E-state index is 5.12. The van der Waals surface area contributed by atoms with E-state index < -0.39 is 0 Å². The van der Waals surface area contributed by atoms with Crippen molar-refractivity contribution in [2.24, 2.45) is 12.0 Å². The molecule has 0 amide bonds. The Morgan fingerprint density at radius 3 is 2.82 bits per heavy atom. The summed E-state index contributed by atoms with van der Waals surface area (Å²) in [5.74, 6) is 2.47. The molecule has 0 atom stereocenters. The van der Waals surface area contributed by atoms with E-state index in [1.807, 2.05) is 49.0 Å². The fourth-order valence-electron chi connectivity index (χ4n) is 2.82. The van der Waals surface area contributed by atoms with Crippen molar-refractivity contribution in [1.82, 2.24) is 30.4 Å². The van der Waals surface area contributed by atoms with Crippen LogP contribution in [0.5, 0.6) is 0 Å². The number of fused-ring (bicyclic) bond motifs is 1. The monoisotopic (exact) mass is 381 g/mol. The van der Waals surface area contributed by atoms with Crippen molar-refractivity contribution in [2.45, 2.75) is 26.4 Å². The summed E-state index contributed by atoms with van der Waals surface area (Å²) in [5, 5.41) is 16.1. The summed E-state index contributed by atoms with van der Waals surface area (Å²) in [6.07, 6.45) is 2.73. The minimum absolute atomic E-state index is 0.546. The van der Waals surface area contributed by atoms with Gasteiger partial charge in [0.1, 0.15) is 5.82 Å². The minimum atomic E-state index is 0.546. The smallest absolute Gasteiger partial charge is 0.191 e. The van der Waals surface area contributed by atoms with Crippen LogP contribution in [0.2, 0.25) is 0 Å². The van der Waals surface area contributed by atoms with Crippen LogP contribution in [0.4, 0.5) is 0 Å². The Hall–Kier alpha value is -3.00. The molecule has 8 nitrogen and oxygen atoms in total. The second-order valence-electron chi connectivity index (χ2n) is 6.50. The van der Waals surface area contributed by atoms with Gasteiger partial charge in [-0.1, -0.05) is 18.2 Å². The van der Waals surface area contributed by atoms with Crippen molar-refractivity contribution in [3.63, 3.8) is 0 Å². The van der Waals surface area contributed by atoms with Crippen LogP contribution >= 0.6 is 0 Å². The number of para-hydroxylation sites is 1. The lowest BCUT2D eigenvalue weighted by Gasteiger charge is -2.13. The van der Waals surface area contributed by atoms with Gasteiger partial charge in [-0.25, -0.2) is 4.99 Å². The summed E-state index contributed by atoms with van der Waals surface area (Å²) in [4.78, 5) is 9.18. The molecule has 0 fully saturated rings. The Morgan fingerprint density at radius 1 is 1.18 bits per heavy atom. The number of benzene rings is 1. The van der Waals surface area contributed by atoms with Crippen LogP contribution in [0.15, 0.2) is 41.5 Å². The third-order valence-electron chi connectivity index (χ3n) is 4.56. The van der Waals surface area contributed by atoms with Gasteiger partial charge in [0.05, 0.1) is 18.6 Å². The summed E-state index contributed by atoms with van der Waals surface area (Å²) in [7, 11) is 3.66. The molecule has 0 radical (unpaired) electrons. The van der Waals surface area contributed by atoms with E-state index in [9.17, 15) is 0 Å². The Kier molecular flexibility index (Phi) is 6.91. The summed E-state index contributed by atoms with van der Waals surface area (Å²) in [5.41, 5.74) is 2.12. The van der Waals surface area contributed by atoms with Gasteiger partial charge in [-0.3, -0.25) is 4.98 Å². The third-order valence-corrected chi connectivity index (χ3v) is 4.56. The Bertz CT molecular complexity index is 930. The van der Waals surface area contributed by atoms with Crippen molar-refractivity contribution in [3.8, 4) is 0 Å². The number of hydrogen-bond acceptors (Lipinski definition) is 5. The van der Waals surface area contributed by atoms with Crippen molar-refractivity contribution >= 4 is 16.9 Å². The van der Waals surface area contributed by atoms with E-state index in [4.69, 9.17) is 9.73 Å². The first-order valence-electron chi connectivity index (χ1n) is 9.37. The first-order chi connectivity index (χ1) is 13.7. The summed E-state index contributed by atoms with van der Waals surface area (Å²) < 4.78 is 7.08. The van der Waals surface area contributed by atoms with E-state index in [1.165, 1.54) is 0 Å². The SMILES string of the molecule is COCCCNC(=NCc1ccnc2ccccc12)NCc1nnc(C)n1C. The molecule has 0 saturated heterocycles. The van der Waals surface area contributed by atoms with Gasteiger partial charge in [0.2, 0.25) is 0 Å². The number of nitrogens with zero attached hydrogens (tertiary/aromatic N) is 5. The fourth-order valence-corrected chi connectivity index (χ4v) is 2.82. The molecule has 3 rings (SSSR count). The topological polar surface area (TPSA) is 89.2 Å². The van der Waals surface area contributed by atoms with Gasteiger partial charge in [-0.2, -0.15) is 0 Å². The van der Waals surface area contributed by atoms with E-state index in [0.29, 0.717) is 19.7 Å². The Labute approximate surface area is 165 Å². The lowest BCUT2D eigenvalue weighted by molar-refractivity contribution is 0.195. The second kappa shape index (κ2) is 9.80. The maximum atomic E-state index is 5.12. The highest BCUT2D eigenvalue weighted by Gasteiger charge is 2.07. The minimum Gasteiger partial charge on any atom is -0.385 e. The van der Waals surface area contributed by atoms with Crippen LogP contribution in [-0.4, -0.2) is 46.0 Å². The van der Waals surface area contributed by atoms with E-state index in [1.54, 1.807) is 7.11 Å². The number of nitrogens with one attached hydrogen (secondary N) is 2. The number of aromatic nitrogens is 4. The number of methoxy groups -OCH3 is 1. The zero-order valence-electron chi connectivity index (χ0n) is 16.6. The number of ether oxygens (including phenoxy) is 1. The molecule has 8 heteroatoms. The first-order valence-corrected chi connectivity index (χ1v) is 9.37. The highest BCUT2D eigenvalue weighted by Crippen LogP contribution is 2.16. The van der Waals surface area contributed by atoms with Gasteiger partial charge < -0.3 is 19.9 Å². The van der Waals surface area contributed by atoms with Crippen molar-refractivity contribution < 1.29 is 4.74 Å². The van der Waals surface area contributed by atoms with Crippen molar-refractivity contribution in [3.05, 3.63) is 53.7 Å². The predicted molar refractivity (Wildman–Crippen MR) is 110 cm³/mol. The van der Waals surface area contributed by atoms with Crippen molar-refractivity contribution in [1.29, 1.82) is 0 Å². The molecule has 0 bridgehead atoms. The highest BCUT2D eigenvalue weighted by molar-refractivity contribution is 5.83. The molecule has 0 aliphatic rings. The van der Waals surface area contributed by atoms with Crippen LogP contribution in [-0.2, 0) is 24.9 Å². The molecular formula is C20H27N7O. The fraction of sp³-hybridized carbons (Fsp3) is 0.400. The molecule has 1 aromatic carbocycles. The van der Waals surface area contributed by atoms with E-state index in [2.05, 4.69) is 31.9 Å². The molecule has 3 aromatic rings. The summed E-state index contributed by atoms with van der Waals surface area (Å²) >= 11 is 0. The first kappa shape index (κ1) is 19.8. The van der Waals surface area contributed by atoms with Gasteiger partial charge >= 0.3 is 0 Å². The Balaban J connectivity index is 1.72. The number of rotatable bonds is 8. The normalized spacial score (nSPS) is 11.8. The van der Waals surface area contributed by atoms with Crippen LogP contribution in [0.25, 0.3) is 10.9 Å². The number of hydrogen-bond donors (Lipinski definition) is 2. The van der Waals surface area contributed by atoms with E-state index >= 15 is 0 Å². The van der Waals surface area contributed by atoms with Gasteiger partial charge in [0.15, 0.2) is 11.8 Å². The maximum Gasteiger partial charge on any atom is 0.191 e. The molecule has 2 aromatic heterocycles. The quantitative estimate of drug-likeness (QED) is 0.352. The zero-order chi connectivity index (χ0) is 19.8. The molecule has 0 aliphatic carbocycles. The molecule has 0 unspecified atom stereocenters. The largest absolute Gasteiger partial charge is 0.385 e. The molecule has 0 saturated carbocycles. The molecule has 28 heavy (non-hydrogen) atoms. The standard InChI is InChI=1S/C20H27N7O/c1-15-25-26-19(27(15)2)14-24-20(22-10-6-12-28-3)23-13-16-9-11-21-18-8-5-4-7-17(16)18/h4-5,7-9,11H,6,10,12-14H2,1-3H3,(H2,22,23,24). The summed E-state index contributed by atoms with van der Waals surface area (Å²) in [6, 6.07) is 10.1. The lowest BCUT2D eigenvalue weighted by atomic mass is 10.1. The number of pyridine rings is 1. The van der Waals surface area contributed by atoms with E-state index in [-0.39, 0.29) is 0 Å². The molecule has 0 spiro atoms. The zero-order valence-corrected chi connectivity index (χ0v) is 16.6. The second-order valence-corrected chi connectivity index (χ2v) is 6.50. The number of aliphatic imine (C=N–C) groups is 1. The lowest BCUT2D eigenvalue weighted by Crippen LogP contribution is -2.38. The molecule has 2 heterocycles. The third kappa shape index (κ3) is 5.04. The van der Waals surface area contributed by atoms with Crippen molar-refractivity contribution in [2.75, 3.05) is 20.3 Å². The average molecular weight is 381 g/mol. The van der Waals surface area contributed by atoms with Gasteiger partial charge in [0, 0.05) is 38.9 Å². The van der Waals surface area contributed by atoms with Crippen LogP contribution < -0.4 is 10.6 Å². The molecule has 148 valence electrons. The van der Waals surface area contributed by atoms with E-state index in [0.717, 1.165) is 47.0 Å². The number of guanidine groups is 1. The van der Waals surface area contributed by atoms with Gasteiger partial charge in [-0.15, -0.1) is 10.2 Å². The van der Waals surface area contributed by atoms with Crippen LogP contribution in [0.3, 0.4) is 0 Å². The van der Waals surface area contributed by atoms with Gasteiger partial charge in [0.25, 0.3) is 0 Å².